The van der Waals surface area contributed by atoms with Crippen molar-refractivity contribution in [3.63, 3.8) is 0 Å². The predicted octanol–water partition coefficient (Wildman–Crippen LogP) is 0.286. The van der Waals surface area contributed by atoms with Gasteiger partial charge in [-0.25, -0.2) is 0 Å². The third kappa shape index (κ3) is 4.09. The molecule has 1 aromatic heterocycles. The topological polar surface area (TPSA) is 60.8 Å². The van der Waals surface area contributed by atoms with Crippen molar-refractivity contribution in [2.75, 3.05) is 13.4 Å². The van der Waals surface area contributed by atoms with Gasteiger partial charge in [0.25, 0.3) is 0 Å². The molecule has 1 atom stereocenters. The zero-order chi connectivity index (χ0) is 11.9. The lowest BCUT2D eigenvalue weighted by molar-refractivity contribution is -0.193. The predicted molar refractivity (Wildman–Crippen MR) is 62.5 cm³/mol. The van der Waals surface area contributed by atoms with Crippen LogP contribution in [0.3, 0.4) is 0 Å². The fourth-order valence-electron chi connectivity index (χ4n) is 1.65. The van der Waals surface area contributed by atoms with Crippen LogP contribution < -0.4 is 5.46 Å². The van der Waals surface area contributed by atoms with Crippen molar-refractivity contribution in [3.8, 4) is 0 Å². The van der Waals surface area contributed by atoms with Gasteiger partial charge < -0.3 is 19.2 Å². The highest BCUT2D eigenvalue weighted by atomic mass is 16.7. The van der Waals surface area contributed by atoms with Crippen molar-refractivity contribution >= 4 is 12.6 Å². The van der Waals surface area contributed by atoms with E-state index < -0.39 is 7.12 Å². The van der Waals surface area contributed by atoms with Crippen LogP contribution in [-0.4, -0.2) is 36.8 Å². The zero-order valence-corrected chi connectivity index (χ0v) is 9.62. The lowest BCUT2D eigenvalue weighted by atomic mass is 9.80. The zero-order valence-electron chi connectivity index (χ0n) is 9.62. The monoisotopic (exact) mass is 237 g/mol. The molecular formula is C11H16BNO4. The van der Waals surface area contributed by atoms with Crippen LogP contribution in [0.15, 0.2) is 24.5 Å². The van der Waals surface area contributed by atoms with Crippen molar-refractivity contribution in [2.24, 2.45) is 0 Å². The average Bonchev–Trinajstić information content (AvgIpc) is 2.41. The minimum Gasteiger partial charge on any atom is -0.423 e. The first-order chi connectivity index (χ1) is 8.36. The molecule has 0 bridgehead atoms. The molecule has 0 amide bonds. The van der Waals surface area contributed by atoms with Crippen LogP contribution in [0, 0.1) is 0 Å². The number of rotatable bonds is 5. The molecule has 2 rings (SSSR count). The first kappa shape index (κ1) is 12.5. The highest BCUT2D eigenvalue weighted by molar-refractivity contribution is 6.59. The fraction of sp³-hybridized carbons (Fsp3) is 0.545. The van der Waals surface area contributed by atoms with E-state index in [9.17, 15) is 5.02 Å². The second kappa shape index (κ2) is 6.71. The van der Waals surface area contributed by atoms with Crippen LogP contribution in [0.2, 0.25) is 0 Å². The Balaban J connectivity index is 1.67. The van der Waals surface area contributed by atoms with Crippen molar-refractivity contribution in [3.05, 3.63) is 24.5 Å². The van der Waals surface area contributed by atoms with E-state index in [0.717, 1.165) is 25.9 Å². The average molecular weight is 237 g/mol. The maximum absolute atomic E-state index is 9.68. The maximum Gasteiger partial charge on any atom is 0.492 e. The quantitative estimate of drug-likeness (QED) is 0.589. The van der Waals surface area contributed by atoms with E-state index in [1.54, 1.807) is 24.5 Å². The molecule has 0 radical (unpaired) electrons. The van der Waals surface area contributed by atoms with Crippen molar-refractivity contribution in [1.29, 1.82) is 0 Å². The molecule has 2 heterocycles. The van der Waals surface area contributed by atoms with Gasteiger partial charge in [0.05, 0.1) is 0 Å². The Bertz CT molecular complexity index is 319. The Morgan fingerprint density at radius 1 is 1.41 bits per heavy atom. The van der Waals surface area contributed by atoms with Gasteiger partial charge in [-0.1, -0.05) is 0 Å². The van der Waals surface area contributed by atoms with Gasteiger partial charge in [0.1, 0.15) is 6.79 Å². The van der Waals surface area contributed by atoms with Crippen molar-refractivity contribution < 1.29 is 19.2 Å². The molecule has 1 fully saturated rings. The van der Waals surface area contributed by atoms with Gasteiger partial charge in [0.2, 0.25) is 0 Å². The molecule has 1 aromatic rings. The van der Waals surface area contributed by atoms with E-state index in [4.69, 9.17) is 14.1 Å². The largest absolute Gasteiger partial charge is 0.492 e. The van der Waals surface area contributed by atoms with Crippen molar-refractivity contribution in [2.45, 2.75) is 25.6 Å². The van der Waals surface area contributed by atoms with Gasteiger partial charge in [-0.15, -0.1) is 0 Å². The molecule has 1 saturated heterocycles. The molecule has 17 heavy (non-hydrogen) atoms. The summed E-state index contributed by atoms with van der Waals surface area (Å²) >= 11 is 0. The highest BCUT2D eigenvalue weighted by Crippen LogP contribution is 2.13. The van der Waals surface area contributed by atoms with Gasteiger partial charge in [-0.2, -0.15) is 0 Å². The summed E-state index contributed by atoms with van der Waals surface area (Å²) in [6, 6.07) is 3.39. The van der Waals surface area contributed by atoms with E-state index in [2.05, 4.69) is 4.98 Å². The first-order valence-electron chi connectivity index (χ1n) is 5.79. The molecule has 1 unspecified atom stereocenters. The molecule has 1 aliphatic rings. The third-order valence-electron chi connectivity index (χ3n) is 2.61. The third-order valence-corrected chi connectivity index (χ3v) is 2.61. The SMILES string of the molecule is OB(OCOC1CCCCO1)c1ccncc1. The number of pyridine rings is 1. The van der Waals surface area contributed by atoms with E-state index in [0.29, 0.717) is 5.46 Å². The summed E-state index contributed by atoms with van der Waals surface area (Å²) in [5.41, 5.74) is 0.660. The lowest BCUT2D eigenvalue weighted by Crippen LogP contribution is -2.35. The van der Waals surface area contributed by atoms with Gasteiger partial charge in [0.15, 0.2) is 6.29 Å². The first-order valence-corrected chi connectivity index (χ1v) is 5.79. The Kier molecular flexibility index (Phi) is 4.94. The summed E-state index contributed by atoms with van der Waals surface area (Å²) in [6.07, 6.45) is 6.08. The Labute approximate surface area is 101 Å². The molecule has 1 N–H and O–H groups in total. The van der Waals surface area contributed by atoms with Gasteiger partial charge in [0, 0.05) is 19.0 Å². The molecule has 6 heteroatoms. The summed E-state index contributed by atoms with van der Waals surface area (Å²) in [4.78, 5) is 3.86. The van der Waals surface area contributed by atoms with Crippen LogP contribution in [0.4, 0.5) is 0 Å². The molecule has 0 aliphatic carbocycles. The number of hydrogen-bond acceptors (Lipinski definition) is 5. The maximum atomic E-state index is 9.68. The summed E-state index contributed by atoms with van der Waals surface area (Å²) in [6.45, 7) is 0.756. The van der Waals surface area contributed by atoms with Crippen LogP contribution in [0.25, 0.3) is 0 Å². The van der Waals surface area contributed by atoms with E-state index in [1.807, 2.05) is 0 Å². The van der Waals surface area contributed by atoms with E-state index in [-0.39, 0.29) is 13.1 Å². The Hall–Kier alpha value is -0.945. The summed E-state index contributed by atoms with van der Waals surface area (Å²) in [5.74, 6) is 0. The van der Waals surface area contributed by atoms with E-state index >= 15 is 0 Å². The number of aromatic nitrogens is 1. The second-order valence-electron chi connectivity index (χ2n) is 3.88. The fourth-order valence-corrected chi connectivity index (χ4v) is 1.65. The molecule has 0 spiro atoms. The summed E-state index contributed by atoms with van der Waals surface area (Å²) < 4.78 is 15.9. The smallest absolute Gasteiger partial charge is 0.423 e. The molecule has 92 valence electrons. The van der Waals surface area contributed by atoms with Crippen molar-refractivity contribution in [1.82, 2.24) is 4.98 Å². The number of nitrogens with zero attached hydrogens (tertiary/aromatic N) is 1. The van der Waals surface area contributed by atoms with Gasteiger partial charge >= 0.3 is 7.12 Å². The van der Waals surface area contributed by atoms with Crippen LogP contribution >= 0.6 is 0 Å². The van der Waals surface area contributed by atoms with Crippen LogP contribution in [0.5, 0.6) is 0 Å². The molecule has 0 aromatic carbocycles. The summed E-state index contributed by atoms with van der Waals surface area (Å²) in [7, 11) is -0.985. The summed E-state index contributed by atoms with van der Waals surface area (Å²) in [5, 5.41) is 9.68. The van der Waals surface area contributed by atoms with Gasteiger partial charge in [-0.05, 0) is 36.9 Å². The van der Waals surface area contributed by atoms with Gasteiger partial charge in [-0.3, -0.25) is 4.98 Å². The minimum absolute atomic E-state index is 0.0220. The standard InChI is InChI=1S/C11H16BNO4/c14-12(10-4-6-13-7-5-10)17-9-16-11-3-1-2-8-15-11/h4-7,11,14H,1-3,8-9H2. The molecular weight excluding hydrogens is 221 g/mol. The Morgan fingerprint density at radius 2 is 2.24 bits per heavy atom. The molecule has 1 aliphatic heterocycles. The second-order valence-corrected chi connectivity index (χ2v) is 3.88. The molecule has 0 saturated carbocycles. The van der Waals surface area contributed by atoms with Crippen LogP contribution in [0.1, 0.15) is 19.3 Å². The number of hydrogen-bond donors (Lipinski definition) is 1. The number of ether oxygens (including phenoxy) is 2. The van der Waals surface area contributed by atoms with E-state index in [1.165, 1.54) is 0 Å². The van der Waals surface area contributed by atoms with Crippen LogP contribution in [-0.2, 0) is 14.1 Å². The Morgan fingerprint density at radius 3 is 2.94 bits per heavy atom. The highest BCUT2D eigenvalue weighted by Gasteiger charge is 2.18. The molecule has 5 nitrogen and oxygen atoms in total. The normalized spacial score (nSPS) is 20.2. The lowest BCUT2D eigenvalue weighted by Gasteiger charge is -2.22. The minimum atomic E-state index is -0.985.